The van der Waals surface area contributed by atoms with Crippen LogP contribution in [0.25, 0.3) is 0 Å². The number of carbonyl (C=O) groups excluding carboxylic acids is 4. The molecule has 0 radical (unpaired) electrons. The van der Waals surface area contributed by atoms with Crippen molar-refractivity contribution in [2.45, 2.75) is 80.6 Å². The molecule has 4 atom stereocenters. The summed E-state index contributed by atoms with van der Waals surface area (Å²) in [5, 5.41) is 0. The van der Waals surface area contributed by atoms with Gasteiger partial charge in [-0.05, 0) is 80.6 Å². The molecule has 0 N–H and O–H groups in total. The van der Waals surface area contributed by atoms with Crippen LogP contribution in [0.1, 0.15) is 80.6 Å². The van der Waals surface area contributed by atoms with E-state index in [2.05, 4.69) is 27.7 Å². The molecule has 0 aromatic carbocycles. The van der Waals surface area contributed by atoms with E-state index in [0.29, 0.717) is 30.1 Å². The molecule has 0 aromatic rings. The maximum atomic E-state index is 13.3. The molecule has 0 heterocycles. The molecule has 0 aromatic heterocycles. The SMILES string of the molecule is CC(=O)/C=C\C(=O)/C(C)=C/C=C/C(C)=C1/C(=O)C[C@H]2[C@@]3(C)CCC(=O)C(C)(C)C3CC[C@]12C. The molecule has 4 heteroatoms. The van der Waals surface area contributed by atoms with Crippen molar-refractivity contribution < 1.29 is 19.2 Å². The first-order valence-corrected chi connectivity index (χ1v) is 12.1. The van der Waals surface area contributed by atoms with Gasteiger partial charge in [-0.1, -0.05) is 45.9 Å². The Labute approximate surface area is 198 Å². The van der Waals surface area contributed by atoms with Gasteiger partial charge < -0.3 is 0 Å². The predicted molar refractivity (Wildman–Crippen MR) is 130 cm³/mol. The van der Waals surface area contributed by atoms with Crippen LogP contribution in [0.4, 0.5) is 0 Å². The Balaban J connectivity index is 1.90. The molecule has 0 bridgehead atoms. The fourth-order valence-corrected chi connectivity index (χ4v) is 7.21. The van der Waals surface area contributed by atoms with E-state index in [1.807, 2.05) is 19.1 Å². The summed E-state index contributed by atoms with van der Waals surface area (Å²) in [7, 11) is 0. The van der Waals surface area contributed by atoms with Gasteiger partial charge in [-0.15, -0.1) is 0 Å². The zero-order valence-corrected chi connectivity index (χ0v) is 21.2. The third-order valence-electron chi connectivity index (χ3n) is 8.98. The van der Waals surface area contributed by atoms with E-state index in [1.54, 1.807) is 13.0 Å². The second-order valence-corrected chi connectivity index (χ2v) is 11.4. The fraction of sp³-hybridized carbons (Fsp3) is 0.586. The van der Waals surface area contributed by atoms with Crippen LogP contribution in [0.3, 0.4) is 0 Å². The third kappa shape index (κ3) is 4.29. The molecular formula is C29H38O4. The van der Waals surface area contributed by atoms with Crippen molar-refractivity contribution in [3.8, 4) is 0 Å². The Morgan fingerprint density at radius 3 is 2.21 bits per heavy atom. The van der Waals surface area contributed by atoms with E-state index in [9.17, 15) is 19.2 Å². The Hall–Kier alpha value is -2.36. The summed E-state index contributed by atoms with van der Waals surface area (Å²) in [6.07, 6.45) is 11.9. The van der Waals surface area contributed by atoms with Crippen LogP contribution in [0.2, 0.25) is 0 Å². The second kappa shape index (κ2) is 8.77. The molecule has 1 unspecified atom stereocenters. The Bertz CT molecular complexity index is 1020. The standard InChI is InChI=1S/C29H38O4/c1-18(21(31)12-11-20(3)30)9-8-10-19(2)26-22(32)17-24-28(6)16-14-25(33)27(4,5)23(28)13-15-29(24,26)7/h8-12,23-24H,13-17H2,1-7H3/b10-8+,12-11-,18-9+,26-19-/t23?,24-,28-,29-/m0/s1. The zero-order valence-electron chi connectivity index (χ0n) is 21.2. The molecule has 3 aliphatic carbocycles. The topological polar surface area (TPSA) is 68.3 Å². The first-order valence-electron chi connectivity index (χ1n) is 12.1. The molecule has 0 aliphatic heterocycles. The van der Waals surface area contributed by atoms with E-state index >= 15 is 0 Å². The highest BCUT2D eigenvalue weighted by molar-refractivity contribution is 6.07. The maximum Gasteiger partial charge on any atom is 0.181 e. The summed E-state index contributed by atoms with van der Waals surface area (Å²) in [6, 6.07) is 0. The lowest BCUT2D eigenvalue weighted by atomic mass is 9.43. The Morgan fingerprint density at radius 1 is 0.909 bits per heavy atom. The van der Waals surface area contributed by atoms with Crippen LogP contribution in [0.5, 0.6) is 0 Å². The molecule has 0 saturated heterocycles. The molecule has 3 aliphatic rings. The summed E-state index contributed by atoms with van der Waals surface area (Å²) >= 11 is 0. The first-order chi connectivity index (χ1) is 15.2. The summed E-state index contributed by atoms with van der Waals surface area (Å²) in [4.78, 5) is 49.1. The molecule has 4 nitrogen and oxygen atoms in total. The zero-order chi connectivity index (χ0) is 24.8. The van der Waals surface area contributed by atoms with E-state index in [-0.39, 0.29) is 39.5 Å². The lowest BCUT2D eigenvalue weighted by Crippen LogP contribution is -2.56. The minimum absolute atomic E-state index is 0.0161. The normalized spacial score (nSPS) is 35.7. The van der Waals surface area contributed by atoms with Crippen molar-refractivity contribution in [2.75, 3.05) is 0 Å². The first kappa shape index (κ1) is 25.3. The van der Waals surface area contributed by atoms with Gasteiger partial charge in [0.1, 0.15) is 5.78 Å². The van der Waals surface area contributed by atoms with Crippen molar-refractivity contribution in [1.29, 1.82) is 0 Å². The monoisotopic (exact) mass is 450 g/mol. The molecule has 178 valence electrons. The number of ketones is 4. The van der Waals surface area contributed by atoms with Crippen molar-refractivity contribution in [1.82, 2.24) is 0 Å². The lowest BCUT2D eigenvalue weighted by Gasteiger charge is -2.60. The largest absolute Gasteiger partial charge is 0.299 e. The minimum atomic E-state index is -0.329. The van der Waals surface area contributed by atoms with Crippen LogP contribution >= 0.6 is 0 Å². The number of rotatable bonds is 5. The average Bonchev–Trinajstić information content (AvgIpc) is 3.00. The van der Waals surface area contributed by atoms with Crippen molar-refractivity contribution in [2.24, 2.45) is 28.1 Å². The van der Waals surface area contributed by atoms with Gasteiger partial charge in [-0.25, -0.2) is 0 Å². The van der Waals surface area contributed by atoms with Crippen molar-refractivity contribution >= 4 is 23.1 Å². The summed E-state index contributed by atoms with van der Waals surface area (Å²) < 4.78 is 0. The van der Waals surface area contributed by atoms with Crippen LogP contribution in [-0.4, -0.2) is 23.1 Å². The summed E-state index contributed by atoms with van der Waals surface area (Å²) in [6.45, 7) is 13.9. The van der Waals surface area contributed by atoms with Gasteiger partial charge in [0.15, 0.2) is 17.3 Å². The number of Topliss-reactive ketones (excluding diaryl/α,β-unsaturated/α-hetero) is 2. The summed E-state index contributed by atoms with van der Waals surface area (Å²) in [5.74, 6) is 0.781. The fourth-order valence-electron chi connectivity index (χ4n) is 7.21. The highest BCUT2D eigenvalue weighted by Crippen LogP contribution is 2.68. The molecule has 3 saturated carbocycles. The van der Waals surface area contributed by atoms with Gasteiger partial charge in [0, 0.05) is 29.2 Å². The molecule has 0 amide bonds. The number of fused-ring (bicyclic) bond motifs is 3. The van der Waals surface area contributed by atoms with E-state index in [1.165, 1.54) is 19.1 Å². The smallest absolute Gasteiger partial charge is 0.181 e. The van der Waals surface area contributed by atoms with E-state index < -0.39 is 0 Å². The number of allylic oxidation sites excluding steroid dienone is 8. The molecule has 3 fully saturated rings. The van der Waals surface area contributed by atoms with Crippen LogP contribution in [0, 0.1) is 28.1 Å². The van der Waals surface area contributed by atoms with E-state index in [0.717, 1.165) is 30.4 Å². The van der Waals surface area contributed by atoms with Gasteiger partial charge in [0.2, 0.25) is 0 Å². The van der Waals surface area contributed by atoms with Gasteiger partial charge in [-0.3, -0.25) is 19.2 Å². The van der Waals surface area contributed by atoms with Crippen molar-refractivity contribution in [3.63, 3.8) is 0 Å². The quantitative estimate of drug-likeness (QED) is 0.385. The van der Waals surface area contributed by atoms with Gasteiger partial charge >= 0.3 is 0 Å². The van der Waals surface area contributed by atoms with Crippen LogP contribution in [-0.2, 0) is 19.2 Å². The van der Waals surface area contributed by atoms with Crippen molar-refractivity contribution in [3.05, 3.63) is 47.1 Å². The minimum Gasteiger partial charge on any atom is -0.299 e. The van der Waals surface area contributed by atoms with E-state index in [4.69, 9.17) is 0 Å². The molecular weight excluding hydrogens is 412 g/mol. The van der Waals surface area contributed by atoms with Gasteiger partial charge in [0.25, 0.3) is 0 Å². The summed E-state index contributed by atoms with van der Waals surface area (Å²) in [5.41, 5.74) is 1.88. The average molecular weight is 451 g/mol. The number of carbonyl (C=O) groups is 4. The number of hydrogen-bond donors (Lipinski definition) is 0. The number of hydrogen-bond acceptors (Lipinski definition) is 4. The lowest BCUT2D eigenvalue weighted by molar-refractivity contribution is -0.154. The highest BCUT2D eigenvalue weighted by Gasteiger charge is 2.64. The second-order valence-electron chi connectivity index (χ2n) is 11.4. The maximum absolute atomic E-state index is 13.3. The Morgan fingerprint density at radius 2 is 1.58 bits per heavy atom. The molecule has 3 rings (SSSR count). The van der Waals surface area contributed by atoms with Crippen LogP contribution in [0.15, 0.2) is 47.1 Å². The molecule has 33 heavy (non-hydrogen) atoms. The predicted octanol–water partition coefficient (Wildman–Crippen LogP) is 5.92. The molecule has 0 spiro atoms. The van der Waals surface area contributed by atoms with Gasteiger partial charge in [-0.2, -0.15) is 0 Å². The highest BCUT2D eigenvalue weighted by atomic mass is 16.1. The Kier molecular flexibility index (Phi) is 6.72. The van der Waals surface area contributed by atoms with Crippen LogP contribution < -0.4 is 0 Å². The van der Waals surface area contributed by atoms with Gasteiger partial charge in [0.05, 0.1) is 0 Å². The third-order valence-corrected chi connectivity index (χ3v) is 8.98.